The summed E-state index contributed by atoms with van der Waals surface area (Å²) in [7, 11) is 0. The number of nitrogens with one attached hydrogen (secondary N) is 1. The zero-order valence-electron chi connectivity index (χ0n) is 11.8. The molecule has 1 aliphatic carbocycles. The Morgan fingerprint density at radius 2 is 2.32 bits per heavy atom. The molecule has 1 aromatic rings. The van der Waals surface area contributed by atoms with Crippen LogP contribution in [0.15, 0.2) is 24.8 Å². The van der Waals surface area contributed by atoms with E-state index in [2.05, 4.69) is 35.9 Å². The lowest BCUT2D eigenvalue weighted by atomic mass is 10.1. The van der Waals surface area contributed by atoms with Crippen molar-refractivity contribution in [2.75, 3.05) is 6.61 Å². The largest absolute Gasteiger partial charge is 0.477 e. The summed E-state index contributed by atoms with van der Waals surface area (Å²) in [5.41, 5.74) is 2.41. The fourth-order valence-corrected chi connectivity index (χ4v) is 1.98. The number of rotatable bonds is 9. The molecule has 0 radical (unpaired) electrons. The van der Waals surface area contributed by atoms with E-state index in [1.807, 2.05) is 6.08 Å². The first-order valence-corrected chi connectivity index (χ1v) is 7.28. The van der Waals surface area contributed by atoms with Crippen LogP contribution in [0.4, 0.5) is 0 Å². The van der Waals surface area contributed by atoms with Crippen LogP contribution in [0.5, 0.6) is 5.88 Å². The summed E-state index contributed by atoms with van der Waals surface area (Å²) in [5.74, 6) is 0.750. The molecule has 2 rings (SSSR count). The lowest BCUT2D eigenvalue weighted by molar-refractivity contribution is 0.311. The minimum Gasteiger partial charge on any atom is -0.477 e. The van der Waals surface area contributed by atoms with Crippen molar-refractivity contribution < 1.29 is 4.74 Å². The molecule has 0 unspecified atom stereocenters. The molecule has 0 aliphatic heterocycles. The van der Waals surface area contributed by atoms with Gasteiger partial charge in [-0.05, 0) is 37.3 Å². The Morgan fingerprint density at radius 3 is 3.00 bits per heavy atom. The topological polar surface area (TPSA) is 34.1 Å². The van der Waals surface area contributed by atoms with E-state index in [1.165, 1.54) is 18.4 Å². The maximum atomic E-state index is 5.69. The standard InChI is InChI=1S/C16H24N2O/c1-3-5-9-19-16-11-13(12-17-14-7-8-14)10-15(18-16)6-4-2/h3,10-11,14,17H,1,4-9,12H2,2H3. The molecule has 1 N–H and O–H groups in total. The van der Waals surface area contributed by atoms with Crippen LogP contribution in [0.2, 0.25) is 0 Å². The Kier molecular flexibility index (Phi) is 5.40. The van der Waals surface area contributed by atoms with Crippen LogP contribution in [0, 0.1) is 0 Å². The second-order valence-electron chi connectivity index (χ2n) is 5.14. The van der Waals surface area contributed by atoms with Crippen molar-refractivity contribution in [2.45, 2.75) is 51.6 Å². The highest BCUT2D eigenvalue weighted by molar-refractivity contribution is 5.25. The van der Waals surface area contributed by atoms with Crippen LogP contribution in [0.3, 0.4) is 0 Å². The molecule has 1 aromatic heterocycles. The van der Waals surface area contributed by atoms with Gasteiger partial charge in [-0.25, -0.2) is 4.98 Å². The van der Waals surface area contributed by atoms with Gasteiger partial charge >= 0.3 is 0 Å². The predicted octanol–water partition coefficient (Wildman–Crippen LogP) is 3.24. The Hall–Kier alpha value is -1.35. The first-order chi connectivity index (χ1) is 9.31. The average molecular weight is 260 g/mol. The fourth-order valence-electron chi connectivity index (χ4n) is 1.98. The molecule has 1 fully saturated rings. The summed E-state index contributed by atoms with van der Waals surface area (Å²) >= 11 is 0. The minimum absolute atomic E-state index is 0.654. The van der Waals surface area contributed by atoms with Crippen molar-refractivity contribution >= 4 is 0 Å². The molecule has 1 saturated carbocycles. The highest BCUT2D eigenvalue weighted by Crippen LogP contribution is 2.20. The predicted molar refractivity (Wildman–Crippen MR) is 78.4 cm³/mol. The van der Waals surface area contributed by atoms with E-state index in [0.717, 1.165) is 43.4 Å². The van der Waals surface area contributed by atoms with Gasteiger partial charge in [0, 0.05) is 24.3 Å². The highest BCUT2D eigenvalue weighted by atomic mass is 16.5. The van der Waals surface area contributed by atoms with Gasteiger partial charge < -0.3 is 10.1 Å². The van der Waals surface area contributed by atoms with Crippen LogP contribution >= 0.6 is 0 Å². The van der Waals surface area contributed by atoms with E-state index >= 15 is 0 Å². The lowest BCUT2D eigenvalue weighted by Crippen LogP contribution is -2.15. The minimum atomic E-state index is 0.654. The SMILES string of the molecule is C=CCCOc1cc(CNC2CC2)cc(CCC)n1. The van der Waals surface area contributed by atoms with Crippen LogP contribution in [0.25, 0.3) is 0 Å². The molecule has 104 valence electrons. The van der Waals surface area contributed by atoms with Crippen LogP contribution in [-0.4, -0.2) is 17.6 Å². The van der Waals surface area contributed by atoms with E-state index < -0.39 is 0 Å². The summed E-state index contributed by atoms with van der Waals surface area (Å²) in [6, 6.07) is 4.98. The van der Waals surface area contributed by atoms with E-state index in [9.17, 15) is 0 Å². The monoisotopic (exact) mass is 260 g/mol. The third-order valence-corrected chi connectivity index (χ3v) is 3.16. The first-order valence-electron chi connectivity index (χ1n) is 7.28. The van der Waals surface area contributed by atoms with Gasteiger partial charge in [-0.3, -0.25) is 0 Å². The van der Waals surface area contributed by atoms with Gasteiger partial charge in [0.25, 0.3) is 0 Å². The molecule has 0 bridgehead atoms. The Balaban J connectivity index is 1.99. The van der Waals surface area contributed by atoms with Crippen molar-refractivity contribution in [3.8, 4) is 5.88 Å². The molecule has 0 spiro atoms. The molecule has 19 heavy (non-hydrogen) atoms. The van der Waals surface area contributed by atoms with Gasteiger partial charge in [0.15, 0.2) is 0 Å². The highest BCUT2D eigenvalue weighted by Gasteiger charge is 2.20. The molecule has 0 amide bonds. The van der Waals surface area contributed by atoms with Gasteiger partial charge in [0.1, 0.15) is 0 Å². The zero-order valence-corrected chi connectivity index (χ0v) is 11.8. The second kappa shape index (κ2) is 7.29. The van der Waals surface area contributed by atoms with Crippen molar-refractivity contribution in [3.63, 3.8) is 0 Å². The molecule has 3 nitrogen and oxygen atoms in total. The summed E-state index contributed by atoms with van der Waals surface area (Å²) < 4.78 is 5.69. The number of hydrogen-bond donors (Lipinski definition) is 1. The third-order valence-electron chi connectivity index (χ3n) is 3.16. The van der Waals surface area contributed by atoms with Crippen LogP contribution in [-0.2, 0) is 13.0 Å². The molecule has 3 heteroatoms. The summed E-state index contributed by atoms with van der Waals surface area (Å²) in [5, 5.41) is 3.54. The second-order valence-corrected chi connectivity index (χ2v) is 5.14. The first kappa shape index (κ1) is 14.1. The molecular weight excluding hydrogens is 236 g/mol. The smallest absolute Gasteiger partial charge is 0.213 e. The van der Waals surface area contributed by atoms with Crippen LogP contribution < -0.4 is 10.1 Å². The van der Waals surface area contributed by atoms with Crippen LogP contribution in [0.1, 0.15) is 43.9 Å². The average Bonchev–Trinajstić information content (AvgIpc) is 3.21. The number of hydrogen-bond acceptors (Lipinski definition) is 3. The zero-order chi connectivity index (χ0) is 13.5. The summed E-state index contributed by atoms with van der Waals surface area (Å²) in [6.45, 7) is 7.45. The van der Waals surface area contributed by atoms with E-state index in [4.69, 9.17) is 4.74 Å². The van der Waals surface area contributed by atoms with Crippen molar-refractivity contribution in [1.29, 1.82) is 0 Å². The number of aromatic nitrogens is 1. The molecule has 1 aliphatic rings. The Labute approximate surface area is 116 Å². The quantitative estimate of drug-likeness (QED) is 0.547. The molecule has 0 saturated heterocycles. The van der Waals surface area contributed by atoms with E-state index in [0.29, 0.717) is 6.61 Å². The number of nitrogens with zero attached hydrogens (tertiary/aromatic N) is 1. The summed E-state index contributed by atoms with van der Waals surface area (Å²) in [6.07, 6.45) is 7.47. The van der Waals surface area contributed by atoms with Gasteiger partial charge in [0.2, 0.25) is 5.88 Å². The summed E-state index contributed by atoms with van der Waals surface area (Å²) in [4.78, 5) is 4.55. The molecule has 1 heterocycles. The Morgan fingerprint density at radius 1 is 1.47 bits per heavy atom. The molecular formula is C16H24N2O. The number of pyridine rings is 1. The maximum Gasteiger partial charge on any atom is 0.213 e. The molecule has 0 atom stereocenters. The van der Waals surface area contributed by atoms with Gasteiger partial charge in [-0.2, -0.15) is 0 Å². The van der Waals surface area contributed by atoms with Crippen molar-refractivity contribution in [1.82, 2.24) is 10.3 Å². The Bertz CT molecular complexity index is 413. The van der Waals surface area contributed by atoms with Gasteiger partial charge in [0.05, 0.1) is 6.61 Å². The number of aryl methyl sites for hydroxylation is 1. The van der Waals surface area contributed by atoms with Crippen molar-refractivity contribution in [3.05, 3.63) is 36.0 Å². The van der Waals surface area contributed by atoms with Gasteiger partial charge in [-0.1, -0.05) is 19.4 Å². The lowest BCUT2D eigenvalue weighted by Gasteiger charge is -2.10. The van der Waals surface area contributed by atoms with E-state index in [1.54, 1.807) is 0 Å². The number of ether oxygens (including phenoxy) is 1. The van der Waals surface area contributed by atoms with E-state index in [-0.39, 0.29) is 0 Å². The van der Waals surface area contributed by atoms with Gasteiger partial charge in [-0.15, -0.1) is 6.58 Å². The normalized spacial score (nSPS) is 14.4. The fraction of sp³-hybridized carbons (Fsp3) is 0.562. The maximum absolute atomic E-state index is 5.69. The molecule has 0 aromatic carbocycles. The van der Waals surface area contributed by atoms with Crippen molar-refractivity contribution in [2.24, 2.45) is 0 Å². The third kappa shape index (κ3) is 5.03.